The van der Waals surface area contributed by atoms with E-state index in [2.05, 4.69) is 38.2 Å². The standard InChI is InChI=1S/C16H23BrN2O2S/c1-10-12(17)7-13-15(10)11(8-18-22(20)16(2,3)4)14-9-21-6-5-19(13)14/h7-8,10-11,14H,5-6,9H2,1-4H3/b18-8+/t10-,11?,14?,22?/m1/s1. The van der Waals surface area contributed by atoms with Crippen molar-refractivity contribution in [1.29, 1.82) is 0 Å². The number of ether oxygens (including phenoxy) is 1. The van der Waals surface area contributed by atoms with Crippen molar-refractivity contribution >= 4 is 33.5 Å². The Labute approximate surface area is 144 Å². The Morgan fingerprint density at radius 3 is 2.91 bits per heavy atom. The van der Waals surface area contributed by atoms with Crippen molar-refractivity contribution in [2.45, 2.75) is 38.5 Å². The maximum atomic E-state index is 12.2. The van der Waals surface area contributed by atoms with Gasteiger partial charge in [0.2, 0.25) is 0 Å². The van der Waals surface area contributed by atoms with Gasteiger partial charge in [-0.1, -0.05) is 27.3 Å². The fourth-order valence-electron chi connectivity index (χ4n) is 3.30. The maximum absolute atomic E-state index is 12.2. The fraction of sp³-hybridized carbons (Fsp3) is 0.688. The van der Waals surface area contributed by atoms with Crippen molar-refractivity contribution in [3.63, 3.8) is 0 Å². The summed E-state index contributed by atoms with van der Waals surface area (Å²) in [6.45, 7) is 10.5. The topological polar surface area (TPSA) is 47.9 Å². The van der Waals surface area contributed by atoms with E-state index in [0.717, 1.165) is 13.2 Å². The minimum absolute atomic E-state index is 0.183. The number of hydrogen-bond donors (Lipinski definition) is 0. The molecule has 22 heavy (non-hydrogen) atoms. The zero-order chi connectivity index (χ0) is 16.1. The number of fused-ring (bicyclic) bond motifs is 2. The lowest BCUT2D eigenvalue weighted by Crippen LogP contribution is -2.45. The Morgan fingerprint density at radius 1 is 1.50 bits per heavy atom. The molecule has 0 aromatic heterocycles. The molecule has 0 N–H and O–H groups in total. The monoisotopic (exact) mass is 386 g/mol. The molecule has 0 spiro atoms. The second-order valence-corrected chi connectivity index (χ2v) is 9.92. The van der Waals surface area contributed by atoms with E-state index in [1.807, 2.05) is 27.0 Å². The lowest BCUT2D eigenvalue weighted by molar-refractivity contribution is 0.0139. The van der Waals surface area contributed by atoms with Crippen molar-refractivity contribution in [3.8, 4) is 0 Å². The van der Waals surface area contributed by atoms with Crippen LogP contribution in [0.2, 0.25) is 0 Å². The molecule has 0 amide bonds. The van der Waals surface area contributed by atoms with Crippen LogP contribution < -0.4 is 0 Å². The number of allylic oxidation sites excluding steroid dienone is 2. The van der Waals surface area contributed by atoms with E-state index in [1.54, 1.807) is 0 Å². The quantitative estimate of drug-likeness (QED) is 0.541. The van der Waals surface area contributed by atoms with E-state index in [0.29, 0.717) is 18.6 Å². The van der Waals surface area contributed by atoms with Gasteiger partial charge in [-0.2, -0.15) is 0 Å². The average molecular weight is 387 g/mol. The Bertz CT molecular complexity index is 553. The van der Waals surface area contributed by atoms with Crippen LogP contribution in [0, 0.1) is 11.8 Å². The molecule has 122 valence electrons. The van der Waals surface area contributed by atoms with E-state index in [-0.39, 0.29) is 10.7 Å². The van der Waals surface area contributed by atoms with Crippen LogP contribution in [0.15, 0.2) is 26.2 Å². The summed E-state index contributed by atoms with van der Waals surface area (Å²) >= 11 is 2.46. The Kier molecular flexibility index (Phi) is 4.49. The number of rotatable bonds is 2. The van der Waals surface area contributed by atoms with E-state index in [1.165, 1.54) is 15.8 Å². The van der Waals surface area contributed by atoms with Crippen LogP contribution in [0.4, 0.5) is 0 Å². The maximum Gasteiger partial charge on any atom is 0.144 e. The Hall–Kier alpha value is -0.300. The van der Waals surface area contributed by atoms with Gasteiger partial charge in [0, 0.05) is 28.6 Å². The molecule has 3 aliphatic rings. The van der Waals surface area contributed by atoms with E-state index < -0.39 is 11.4 Å². The zero-order valence-corrected chi connectivity index (χ0v) is 15.9. The smallest absolute Gasteiger partial charge is 0.144 e. The normalized spacial score (nSPS) is 33.3. The van der Waals surface area contributed by atoms with Gasteiger partial charge < -0.3 is 14.2 Å². The Morgan fingerprint density at radius 2 is 2.23 bits per heavy atom. The van der Waals surface area contributed by atoms with Gasteiger partial charge in [0.05, 0.1) is 25.5 Å². The molecule has 1 aliphatic carbocycles. The van der Waals surface area contributed by atoms with Crippen LogP contribution in [0.25, 0.3) is 0 Å². The summed E-state index contributed by atoms with van der Waals surface area (Å²) in [5.74, 6) is 0.544. The Balaban J connectivity index is 1.88. The van der Waals surface area contributed by atoms with E-state index >= 15 is 0 Å². The minimum Gasteiger partial charge on any atom is -0.591 e. The summed E-state index contributed by atoms with van der Waals surface area (Å²) in [5, 5.41) is 0. The fourth-order valence-corrected chi connectivity index (χ4v) is 4.32. The third-order valence-electron chi connectivity index (χ3n) is 4.54. The second-order valence-electron chi connectivity index (χ2n) is 7.07. The molecule has 0 aromatic rings. The van der Waals surface area contributed by atoms with Crippen molar-refractivity contribution in [1.82, 2.24) is 4.90 Å². The molecule has 0 saturated carbocycles. The molecule has 1 fully saturated rings. The summed E-state index contributed by atoms with van der Waals surface area (Å²) in [7, 11) is 0. The summed E-state index contributed by atoms with van der Waals surface area (Å²) in [6, 6.07) is 0.291. The molecule has 0 bridgehead atoms. The lowest BCUT2D eigenvalue weighted by atomic mass is 9.89. The van der Waals surface area contributed by atoms with Crippen LogP contribution in [0.1, 0.15) is 27.7 Å². The molecular formula is C16H23BrN2O2S. The average Bonchev–Trinajstić information content (AvgIpc) is 2.91. The first kappa shape index (κ1) is 16.6. The summed E-state index contributed by atoms with van der Waals surface area (Å²) in [5.41, 5.74) is 2.70. The summed E-state index contributed by atoms with van der Waals surface area (Å²) in [4.78, 5) is 2.43. The predicted octanol–water partition coefficient (Wildman–Crippen LogP) is 3.03. The van der Waals surface area contributed by atoms with E-state index in [9.17, 15) is 4.55 Å². The van der Waals surface area contributed by atoms with Crippen LogP contribution in [-0.2, 0) is 16.1 Å². The zero-order valence-electron chi connectivity index (χ0n) is 13.5. The molecular weight excluding hydrogens is 364 g/mol. The molecule has 4 atom stereocenters. The first-order valence-electron chi connectivity index (χ1n) is 7.72. The highest BCUT2D eigenvalue weighted by Gasteiger charge is 2.45. The van der Waals surface area contributed by atoms with Gasteiger partial charge in [0.15, 0.2) is 0 Å². The molecule has 1 saturated heterocycles. The van der Waals surface area contributed by atoms with Gasteiger partial charge in [-0.3, -0.25) is 0 Å². The van der Waals surface area contributed by atoms with Gasteiger partial charge in [-0.05, 0) is 32.4 Å². The second kappa shape index (κ2) is 5.96. The highest BCUT2D eigenvalue weighted by Crippen LogP contribution is 2.47. The molecule has 3 unspecified atom stereocenters. The molecule has 0 radical (unpaired) electrons. The molecule has 6 heteroatoms. The number of halogens is 1. The minimum atomic E-state index is -1.21. The first-order chi connectivity index (χ1) is 10.3. The summed E-state index contributed by atoms with van der Waals surface area (Å²) < 4.78 is 23.2. The number of nitrogens with zero attached hydrogens (tertiary/aromatic N) is 2. The molecule has 2 heterocycles. The van der Waals surface area contributed by atoms with Crippen LogP contribution in [0.5, 0.6) is 0 Å². The molecule has 3 rings (SSSR count). The van der Waals surface area contributed by atoms with Crippen LogP contribution in [-0.4, -0.2) is 46.2 Å². The number of hydrogen-bond acceptors (Lipinski definition) is 4. The molecule has 4 nitrogen and oxygen atoms in total. The van der Waals surface area contributed by atoms with Crippen molar-refractivity contribution < 1.29 is 9.29 Å². The van der Waals surface area contributed by atoms with Gasteiger partial charge in [0.25, 0.3) is 0 Å². The van der Waals surface area contributed by atoms with Gasteiger partial charge in [-0.25, -0.2) is 0 Å². The molecule has 0 aromatic carbocycles. The predicted molar refractivity (Wildman–Crippen MR) is 94.4 cm³/mol. The largest absolute Gasteiger partial charge is 0.591 e. The SMILES string of the molecule is C[C@@H]1C(Br)=CC2=C1C(/C=N/[S+]([O-])C(C)(C)C)C1COCCN21. The van der Waals surface area contributed by atoms with Crippen molar-refractivity contribution in [2.75, 3.05) is 19.8 Å². The van der Waals surface area contributed by atoms with Gasteiger partial charge in [-0.15, -0.1) is 0 Å². The van der Waals surface area contributed by atoms with Gasteiger partial charge >= 0.3 is 0 Å². The third kappa shape index (κ3) is 2.79. The van der Waals surface area contributed by atoms with Crippen molar-refractivity contribution in [3.05, 3.63) is 21.8 Å². The lowest BCUT2D eigenvalue weighted by Gasteiger charge is -2.35. The highest BCUT2D eigenvalue weighted by atomic mass is 79.9. The highest BCUT2D eigenvalue weighted by molar-refractivity contribution is 9.11. The first-order valence-corrected chi connectivity index (χ1v) is 9.62. The number of morpholine rings is 1. The molecule has 2 aliphatic heterocycles. The van der Waals surface area contributed by atoms with Crippen LogP contribution >= 0.6 is 15.9 Å². The van der Waals surface area contributed by atoms with E-state index in [4.69, 9.17) is 4.74 Å². The van der Waals surface area contributed by atoms with Crippen molar-refractivity contribution in [2.24, 2.45) is 16.2 Å². The van der Waals surface area contributed by atoms with Gasteiger partial charge in [0.1, 0.15) is 16.1 Å². The van der Waals surface area contributed by atoms with Crippen LogP contribution in [0.3, 0.4) is 0 Å². The third-order valence-corrected chi connectivity index (χ3v) is 6.82. The summed E-state index contributed by atoms with van der Waals surface area (Å²) in [6.07, 6.45) is 4.14.